The first-order valence-corrected chi connectivity index (χ1v) is 11.8. The number of β-amino-alcohol motifs (C(OH)–C–C–N with tert-alkyl or cyclic N) is 1. The van der Waals surface area contributed by atoms with Crippen molar-refractivity contribution in [1.82, 2.24) is 9.80 Å². The van der Waals surface area contributed by atoms with E-state index in [4.69, 9.17) is 14.6 Å². The van der Waals surface area contributed by atoms with Gasteiger partial charge >= 0.3 is 5.97 Å². The van der Waals surface area contributed by atoms with Crippen LogP contribution in [-0.2, 0) is 4.79 Å². The number of esters is 1. The van der Waals surface area contributed by atoms with Crippen molar-refractivity contribution in [2.75, 3.05) is 46.4 Å². The summed E-state index contributed by atoms with van der Waals surface area (Å²) in [6, 6.07) is 8.64. The Hall–Kier alpha value is -2.66. The average Bonchev–Trinajstić information content (AvgIpc) is 3.46. The number of methoxy groups -OCH3 is 1. The Labute approximate surface area is 194 Å². The van der Waals surface area contributed by atoms with Crippen LogP contribution in [0, 0.1) is 0 Å². The number of carbonyl (C=O) groups excluding carboxylic acids is 2. The van der Waals surface area contributed by atoms with Gasteiger partial charge in [-0.05, 0) is 47.0 Å². The monoisotopic (exact) mass is 473 g/mol. The van der Waals surface area contributed by atoms with Gasteiger partial charge in [0.2, 0.25) is 0 Å². The number of hydrogen-bond donors (Lipinski definition) is 1. The van der Waals surface area contributed by atoms with Gasteiger partial charge in [0.15, 0.2) is 16.7 Å². The molecule has 1 fully saturated rings. The van der Waals surface area contributed by atoms with E-state index in [1.165, 1.54) is 30.2 Å². The molecule has 2 aliphatic heterocycles. The summed E-state index contributed by atoms with van der Waals surface area (Å²) in [5, 5.41) is 11.6. The van der Waals surface area contributed by atoms with Crippen LogP contribution in [0.5, 0.6) is 11.5 Å². The molecule has 0 radical (unpaired) electrons. The normalized spacial score (nSPS) is 18.2. The summed E-state index contributed by atoms with van der Waals surface area (Å²) < 4.78 is 10.8. The number of piperazine rings is 1. The maximum atomic E-state index is 12.5. The van der Waals surface area contributed by atoms with E-state index in [1.807, 2.05) is 5.38 Å². The Balaban J connectivity index is 1.42. The molecule has 8 nitrogen and oxygen atoms in total. The molecule has 10 heteroatoms. The van der Waals surface area contributed by atoms with Crippen LogP contribution in [0.25, 0.3) is 6.08 Å². The first kappa shape index (κ1) is 22.5. The van der Waals surface area contributed by atoms with Gasteiger partial charge in [0.05, 0.1) is 18.6 Å². The summed E-state index contributed by atoms with van der Waals surface area (Å²) in [5.41, 5.74) is 0.748. The SMILES string of the molecule is COc1cc(/C=C2\SC(N3CCN(CCO)CC3)=NC2=O)ccc1OC(=O)c1cccs1. The van der Waals surface area contributed by atoms with E-state index < -0.39 is 5.97 Å². The van der Waals surface area contributed by atoms with Gasteiger partial charge in [0.25, 0.3) is 5.91 Å². The molecule has 0 bridgehead atoms. The molecule has 2 aliphatic rings. The quantitative estimate of drug-likeness (QED) is 0.389. The van der Waals surface area contributed by atoms with Crippen molar-refractivity contribution in [3.05, 3.63) is 51.1 Å². The lowest BCUT2D eigenvalue weighted by Crippen LogP contribution is -2.48. The van der Waals surface area contributed by atoms with Crippen LogP contribution < -0.4 is 9.47 Å². The van der Waals surface area contributed by atoms with Gasteiger partial charge in [-0.3, -0.25) is 9.69 Å². The molecular weight excluding hydrogens is 450 g/mol. The minimum Gasteiger partial charge on any atom is -0.493 e. The Bertz CT molecular complexity index is 1040. The number of benzene rings is 1. The minimum atomic E-state index is -0.442. The van der Waals surface area contributed by atoms with E-state index in [0.29, 0.717) is 33.0 Å². The fourth-order valence-electron chi connectivity index (χ4n) is 3.39. The lowest BCUT2D eigenvalue weighted by atomic mass is 10.2. The Morgan fingerprint density at radius 2 is 2.03 bits per heavy atom. The van der Waals surface area contributed by atoms with E-state index in [9.17, 15) is 9.59 Å². The summed E-state index contributed by atoms with van der Waals surface area (Å²) in [4.78, 5) is 34.2. The van der Waals surface area contributed by atoms with E-state index in [2.05, 4.69) is 14.8 Å². The van der Waals surface area contributed by atoms with Crippen LogP contribution >= 0.6 is 23.1 Å². The summed E-state index contributed by atoms with van der Waals surface area (Å²) in [7, 11) is 1.50. The molecule has 4 rings (SSSR count). The number of carbonyl (C=O) groups is 2. The lowest BCUT2D eigenvalue weighted by Gasteiger charge is -2.34. The van der Waals surface area contributed by atoms with Crippen molar-refractivity contribution in [2.24, 2.45) is 4.99 Å². The predicted molar refractivity (Wildman–Crippen MR) is 125 cm³/mol. The summed E-state index contributed by atoms with van der Waals surface area (Å²) >= 11 is 2.66. The smallest absolute Gasteiger partial charge is 0.353 e. The lowest BCUT2D eigenvalue weighted by molar-refractivity contribution is -0.113. The van der Waals surface area contributed by atoms with Crippen LogP contribution in [-0.4, -0.2) is 78.4 Å². The maximum absolute atomic E-state index is 12.5. The summed E-state index contributed by atoms with van der Waals surface area (Å²) in [5.74, 6) is 0.00926. The van der Waals surface area contributed by atoms with Crippen molar-refractivity contribution in [2.45, 2.75) is 0 Å². The Morgan fingerprint density at radius 1 is 1.22 bits per heavy atom. The van der Waals surface area contributed by atoms with Crippen LogP contribution in [0.4, 0.5) is 0 Å². The van der Waals surface area contributed by atoms with Crippen LogP contribution in [0.3, 0.4) is 0 Å². The second-order valence-electron chi connectivity index (χ2n) is 7.14. The third-order valence-corrected chi connectivity index (χ3v) is 6.97. The van der Waals surface area contributed by atoms with Gasteiger partial charge in [-0.1, -0.05) is 12.1 Å². The van der Waals surface area contributed by atoms with Gasteiger partial charge in [-0.25, -0.2) is 4.79 Å². The average molecular weight is 474 g/mol. The number of ether oxygens (including phenoxy) is 2. The van der Waals surface area contributed by atoms with E-state index in [-0.39, 0.29) is 12.5 Å². The zero-order valence-electron chi connectivity index (χ0n) is 17.5. The minimum absolute atomic E-state index is 0.149. The van der Waals surface area contributed by atoms with Crippen molar-refractivity contribution in [1.29, 1.82) is 0 Å². The largest absolute Gasteiger partial charge is 0.493 e. The van der Waals surface area contributed by atoms with E-state index in [1.54, 1.807) is 36.4 Å². The number of amides is 1. The zero-order chi connectivity index (χ0) is 22.5. The number of amidine groups is 1. The van der Waals surface area contributed by atoms with Gasteiger partial charge in [-0.15, -0.1) is 11.3 Å². The molecule has 0 atom stereocenters. The Kier molecular flexibility index (Phi) is 7.26. The topological polar surface area (TPSA) is 91.7 Å². The fraction of sp³-hybridized carbons (Fsp3) is 0.318. The highest BCUT2D eigenvalue weighted by atomic mass is 32.2. The molecule has 1 amide bonds. The number of nitrogens with zero attached hydrogens (tertiary/aromatic N) is 3. The molecular formula is C22H23N3O5S2. The van der Waals surface area contributed by atoms with E-state index in [0.717, 1.165) is 31.7 Å². The maximum Gasteiger partial charge on any atom is 0.353 e. The molecule has 0 spiro atoms. The second-order valence-corrected chi connectivity index (χ2v) is 9.10. The Morgan fingerprint density at radius 3 is 2.72 bits per heavy atom. The number of thiophene rings is 1. The molecule has 0 saturated carbocycles. The van der Waals surface area contributed by atoms with Crippen molar-refractivity contribution in [3.8, 4) is 11.5 Å². The standard InChI is InChI=1S/C22H23N3O5S2/c1-29-17-13-15(4-5-16(17)30-21(28)18-3-2-12-31-18)14-19-20(27)23-22(32-19)25-8-6-24(7-9-25)10-11-26/h2-5,12-14,26H,6-11H2,1H3/b19-14-. The fourth-order valence-corrected chi connectivity index (χ4v) is 4.96. The first-order chi connectivity index (χ1) is 15.6. The number of aliphatic imine (C=N–C) groups is 1. The number of aliphatic hydroxyl groups is 1. The van der Waals surface area contributed by atoms with E-state index >= 15 is 0 Å². The highest BCUT2D eigenvalue weighted by Gasteiger charge is 2.28. The summed E-state index contributed by atoms with van der Waals surface area (Å²) in [6.07, 6.45) is 1.76. The molecule has 32 heavy (non-hydrogen) atoms. The number of hydrogen-bond acceptors (Lipinski definition) is 9. The predicted octanol–water partition coefficient (Wildman–Crippen LogP) is 2.56. The molecule has 1 N–H and O–H groups in total. The second kappa shape index (κ2) is 10.3. The molecule has 168 valence electrons. The number of rotatable bonds is 6. The van der Waals surface area contributed by atoms with Gasteiger partial charge in [0, 0.05) is 32.7 Å². The molecule has 0 unspecified atom stereocenters. The van der Waals surface area contributed by atoms with Gasteiger partial charge in [0.1, 0.15) is 4.88 Å². The van der Waals surface area contributed by atoms with Gasteiger partial charge in [-0.2, -0.15) is 4.99 Å². The van der Waals surface area contributed by atoms with Gasteiger partial charge < -0.3 is 19.5 Å². The third-order valence-electron chi connectivity index (χ3n) is 5.08. The molecule has 0 aliphatic carbocycles. The molecule has 1 saturated heterocycles. The highest BCUT2D eigenvalue weighted by molar-refractivity contribution is 8.18. The highest BCUT2D eigenvalue weighted by Crippen LogP contribution is 2.34. The van der Waals surface area contributed by atoms with Crippen LogP contribution in [0.1, 0.15) is 15.2 Å². The summed E-state index contributed by atoms with van der Waals surface area (Å²) in [6.45, 7) is 4.01. The zero-order valence-corrected chi connectivity index (χ0v) is 19.2. The van der Waals surface area contributed by atoms with Crippen molar-refractivity contribution < 1.29 is 24.2 Å². The molecule has 2 aromatic rings. The molecule has 1 aromatic carbocycles. The van der Waals surface area contributed by atoms with Crippen molar-refractivity contribution >= 4 is 46.2 Å². The van der Waals surface area contributed by atoms with Crippen LogP contribution in [0.15, 0.2) is 45.6 Å². The first-order valence-electron chi connectivity index (χ1n) is 10.1. The third kappa shape index (κ3) is 5.21. The molecule has 3 heterocycles. The van der Waals surface area contributed by atoms with Crippen LogP contribution in [0.2, 0.25) is 0 Å². The molecule has 1 aromatic heterocycles. The van der Waals surface area contributed by atoms with Crippen molar-refractivity contribution in [3.63, 3.8) is 0 Å². The number of aliphatic hydroxyl groups excluding tert-OH is 1. The number of thioether (sulfide) groups is 1.